The largest absolute Gasteiger partial charge is 0.466 e. The van der Waals surface area contributed by atoms with Crippen molar-refractivity contribution in [2.45, 2.75) is 19.8 Å². The van der Waals surface area contributed by atoms with Crippen LogP contribution in [0.5, 0.6) is 0 Å². The van der Waals surface area contributed by atoms with Crippen LogP contribution >= 0.6 is 11.6 Å². The van der Waals surface area contributed by atoms with Gasteiger partial charge in [-0.05, 0) is 25.8 Å². The molecular formula is C18H19ClN4O5. The Hall–Kier alpha value is -3.12. The molecule has 148 valence electrons. The number of hydrogen-bond donors (Lipinski definition) is 1. The number of carbonyl (C=O) groups is 2. The molecule has 1 unspecified atom stereocenters. The fraction of sp³-hybridized carbons (Fsp3) is 0.389. The van der Waals surface area contributed by atoms with Crippen LogP contribution in [0, 0.1) is 27.4 Å². The summed E-state index contributed by atoms with van der Waals surface area (Å²) in [6.45, 7) is 2.96. The van der Waals surface area contributed by atoms with Gasteiger partial charge in [0.25, 0.3) is 11.6 Å². The van der Waals surface area contributed by atoms with Crippen molar-refractivity contribution in [2.75, 3.05) is 25.0 Å². The Morgan fingerprint density at radius 3 is 2.93 bits per heavy atom. The Labute approximate surface area is 166 Å². The van der Waals surface area contributed by atoms with E-state index in [4.69, 9.17) is 16.3 Å². The van der Waals surface area contributed by atoms with Gasteiger partial charge >= 0.3 is 5.97 Å². The highest BCUT2D eigenvalue weighted by molar-refractivity contribution is 6.34. The van der Waals surface area contributed by atoms with Crippen molar-refractivity contribution in [3.63, 3.8) is 0 Å². The number of nitro groups is 1. The minimum atomic E-state index is -0.747. The van der Waals surface area contributed by atoms with Crippen LogP contribution < -0.4 is 5.32 Å². The van der Waals surface area contributed by atoms with E-state index >= 15 is 0 Å². The number of nitriles is 1. The van der Waals surface area contributed by atoms with Gasteiger partial charge in [-0.3, -0.25) is 19.7 Å². The van der Waals surface area contributed by atoms with Gasteiger partial charge in [-0.2, -0.15) is 5.26 Å². The molecule has 0 bridgehead atoms. The average molecular weight is 407 g/mol. The summed E-state index contributed by atoms with van der Waals surface area (Å²) >= 11 is 5.97. The van der Waals surface area contributed by atoms with Crippen LogP contribution in [0.25, 0.3) is 0 Å². The molecule has 10 heteroatoms. The second kappa shape index (κ2) is 9.71. The van der Waals surface area contributed by atoms with E-state index in [-0.39, 0.29) is 33.9 Å². The van der Waals surface area contributed by atoms with E-state index in [1.165, 1.54) is 18.3 Å². The van der Waals surface area contributed by atoms with Gasteiger partial charge in [-0.15, -0.1) is 0 Å². The number of esters is 1. The number of ether oxygens (including phenoxy) is 1. The number of nitrogens with one attached hydrogen (secondary N) is 1. The van der Waals surface area contributed by atoms with Crippen LogP contribution in [-0.2, 0) is 14.3 Å². The van der Waals surface area contributed by atoms with E-state index in [2.05, 4.69) is 5.32 Å². The van der Waals surface area contributed by atoms with Crippen molar-refractivity contribution >= 4 is 34.9 Å². The molecule has 1 N–H and O–H groups in total. The first kappa shape index (κ1) is 21.2. The molecular weight excluding hydrogens is 388 g/mol. The standard InChI is InChI=1S/C18H19ClN4O5/c1-2-28-18(25)12-4-3-7-22(10-12)11-13(9-20)17(24)21-16-8-14(23(26)27)5-6-15(16)19/h5-6,8,11-12H,2-4,7,10H2,1H3,(H,21,24)/b13-11-. The van der Waals surface area contributed by atoms with Crippen LogP contribution in [-0.4, -0.2) is 41.4 Å². The van der Waals surface area contributed by atoms with Gasteiger partial charge in [0.15, 0.2) is 0 Å². The highest BCUT2D eigenvalue weighted by atomic mass is 35.5. The molecule has 1 heterocycles. The molecule has 28 heavy (non-hydrogen) atoms. The Balaban J connectivity index is 2.13. The summed E-state index contributed by atoms with van der Waals surface area (Å²) in [4.78, 5) is 36.3. The van der Waals surface area contributed by atoms with Gasteiger partial charge in [0.2, 0.25) is 0 Å². The molecule has 1 saturated heterocycles. The molecule has 1 fully saturated rings. The molecule has 0 saturated carbocycles. The lowest BCUT2D eigenvalue weighted by molar-refractivity contribution is -0.384. The summed E-state index contributed by atoms with van der Waals surface area (Å²) in [5.41, 5.74) is -0.410. The summed E-state index contributed by atoms with van der Waals surface area (Å²) in [5.74, 6) is -1.37. The van der Waals surface area contributed by atoms with Crippen LogP contribution in [0.1, 0.15) is 19.8 Å². The predicted molar refractivity (Wildman–Crippen MR) is 101 cm³/mol. The number of nitro benzene ring substituents is 1. The first-order valence-corrected chi connectivity index (χ1v) is 9.01. The minimum absolute atomic E-state index is 0.0325. The Morgan fingerprint density at radius 2 is 2.29 bits per heavy atom. The Kier molecular flexibility index (Phi) is 7.35. The number of likely N-dealkylation sites (tertiary alicyclic amines) is 1. The molecule has 1 atom stereocenters. The molecule has 1 aliphatic heterocycles. The lowest BCUT2D eigenvalue weighted by Gasteiger charge is -2.30. The molecule has 0 aromatic heterocycles. The van der Waals surface area contributed by atoms with Gasteiger partial charge in [-0.25, -0.2) is 0 Å². The van der Waals surface area contributed by atoms with Crippen LogP contribution in [0.3, 0.4) is 0 Å². The number of benzene rings is 1. The third-order valence-corrected chi connectivity index (χ3v) is 4.49. The van der Waals surface area contributed by atoms with E-state index in [0.717, 1.165) is 12.5 Å². The number of anilines is 1. The fourth-order valence-electron chi connectivity index (χ4n) is 2.81. The lowest BCUT2D eigenvalue weighted by atomic mass is 9.98. The van der Waals surface area contributed by atoms with Crippen LogP contribution in [0.15, 0.2) is 30.0 Å². The lowest BCUT2D eigenvalue weighted by Crippen LogP contribution is -2.37. The fourth-order valence-corrected chi connectivity index (χ4v) is 2.97. The maximum absolute atomic E-state index is 12.4. The molecule has 1 aliphatic rings. The first-order valence-electron chi connectivity index (χ1n) is 8.63. The zero-order valence-corrected chi connectivity index (χ0v) is 15.9. The van der Waals surface area contributed by atoms with E-state index in [9.17, 15) is 25.0 Å². The van der Waals surface area contributed by atoms with Crippen molar-refractivity contribution in [2.24, 2.45) is 5.92 Å². The maximum atomic E-state index is 12.4. The molecule has 1 aromatic rings. The minimum Gasteiger partial charge on any atom is -0.466 e. The Morgan fingerprint density at radius 1 is 1.54 bits per heavy atom. The monoisotopic (exact) mass is 406 g/mol. The van der Waals surface area contributed by atoms with E-state index in [1.54, 1.807) is 11.8 Å². The zero-order chi connectivity index (χ0) is 20.7. The third kappa shape index (κ3) is 5.44. The molecule has 1 amide bonds. The maximum Gasteiger partial charge on any atom is 0.310 e. The van der Waals surface area contributed by atoms with Crippen molar-refractivity contribution in [1.82, 2.24) is 4.90 Å². The van der Waals surface area contributed by atoms with Gasteiger partial charge in [-0.1, -0.05) is 11.6 Å². The SMILES string of the molecule is CCOC(=O)C1CCCN(/C=C(/C#N)C(=O)Nc2cc([N+](=O)[O-])ccc2Cl)C1. The number of amides is 1. The average Bonchev–Trinajstić information content (AvgIpc) is 2.67. The summed E-state index contributed by atoms with van der Waals surface area (Å²) in [5, 5.41) is 22.7. The van der Waals surface area contributed by atoms with E-state index in [0.29, 0.717) is 26.1 Å². The zero-order valence-electron chi connectivity index (χ0n) is 15.2. The first-order chi connectivity index (χ1) is 13.3. The highest BCUT2D eigenvalue weighted by Gasteiger charge is 2.26. The second-order valence-electron chi connectivity index (χ2n) is 6.12. The number of rotatable bonds is 6. The van der Waals surface area contributed by atoms with Crippen molar-refractivity contribution in [3.05, 3.63) is 45.1 Å². The molecule has 2 rings (SSSR count). The van der Waals surface area contributed by atoms with Gasteiger partial charge in [0.1, 0.15) is 11.6 Å². The van der Waals surface area contributed by atoms with Crippen molar-refractivity contribution in [3.8, 4) is 6.07 Å². The summed E-state index contributed by atoms with van der Waals surface area (Å²) in [6, 6.07) is 5.43. The van der Waals surface area contributed by atoms with Crippen LogP contribution in [0.4, 0.5) is 11.4 Å². The van der Waals surface area contributed by atoms with Gasteiger partial charge in [0.05, 0.1) is 28.2 Å². The van der Waals surface area contributed by atoms with Crippen molar-refractivity contribution in [1.29, 1.82) is 5.26 Å². The summed E-state index contributed by atoms with van der Waals surface area (Å²) in [6.07, 6.45) is 2.78. The number of hydrogen-bond acceptors (Lipinski definition) is 7. The molecule has 0 radical (unpaired) electrons. The molecule has 0 aliphatic carbocycles. The predicted octanol–water partition coefficient (Wildman–Crippen LogP) is 2.87. The van der Waals surface area contributed by atoms with Gasteiger partial charge in [0, 0.05) is 31.4 Å². The third-order valence-electron chi connectivity index (χ3n) is 4.16. The van der Waals surface area contributed by atoms with E-state index in [1.807, 2.05) is 6.07 Å². The number of non-ortho nitro benzene ring substituents is 1. The van der Waals surface area contributed by atoms with Crippen molar-refractivity contribution < 1.29 is 19.2 Å². The number of piperidine rings is 1. The Bertz CT molecular complexity index is 849. The number of nitrogens with zero attached hydrogens (tertiary/aromatic N) is 3. The normalized spacial score (nSPS) is 16.8. The summed E-state index contributed by atoms with van der Waals surface area (Å²) in [7, 11) is 0. The molecule has 0 spiro atoms. The topological polar surface area (TPSA) is 126 Å². The van der Waals surface area contributed by atoms with Gasteiger partial charge < -0.3 is 15.0 Å². The number of carbonyl (C=O) groups excluding carboxylic acids is 2. The second-order valence-corrected chi connectivity index (χ2v) is 6.52. The molecule has 9 nitrogen and oxygen atoms in total. The summed E-state index contributed by atoms with van der Waals surface area (Å²) < 4.78 is 5.03. The number of halogens is 1. The smallest absolute Gasteiger partial charge is 0.310 e. The van der Waals surface area contributed by atoms with Crippen LogP contribution in [0.2, 0.25) is 5.02 Å². The molecule has 1 aromatic carbocycles. The highest BCUT2D eigenvalue weighted by Crippen LogP contribution is 2.27. The quantitative estimate of drug-likeness (QED) is 0.253. The van der Waals surface area contributed by atoms with E-state index < -0.39 is 10.8 Å².